The van der Waals surface area contributed by atoms with Crippen molar-refractivity contribution in [1.29, 1.82) is 0 Å². The normalized spacial score (nSPS) is 10.7. The van der Waals surface area contributed by atoms with Crippen molar-refractivity contribution in [2.75, 3.05) is 20.8 Å². The van der Waals surface area contributed by atoms with Crippen molar-refractivity contribution in [1.82, 2.24) is 10.9 Å². The Morgan fingerprint density at radius 2 is 1.69 bits per heavy atom. The Labute approximate surface area is 170 Å². The first-order valence-electron chi connectivity index (χ1n) is 9.15. The largest absolute Gasteiger partial charge is 0.493 e. The van der Waals surface area contributed by atoms with Gasteiger partial charge in [0.15, 0.2) is 18.1 Å². The summed E-state index contributed by atoms with van der Waals surface area (Å²) in [6, 6.07) is 12.8. The molecule has 2 aromatic rings. The van der Waals surface area contributed by atoms with Crippen molar-refractivity contribution in [3.8, 4) is 17.2 Å². The molecule has 0 unspecified atom stereocenters. The molecule has 0 bridgehead atoms. The molecule has 2 rings (SSSR count). The average Bonchev–Trinajstić information content (AvgIpc) is 2.74. The van der Waals surface area contributed by atoms with Crippen LogP contribution in [-0.2, 0) is 9.59 Å². The van der Waals surface area contributed by atoms with Crippen LogP contribution in [0.4, 0.5) is 0 Å². The molecular formula is C22H26N2O5. The van der Waals surface area contributed by atoms with Crippen LogP contribution in [0.15, 0.2) is 48.5 Å². The summed E-state index contributed by atoms with van der Waals surface area (Å²) in [5, 5.41) is 0. The van der Waals surface area contributed by atoms with Crippen LogP contribution in [0.3, 0.4) is 0 Å². The molecule has 0 aliphatic heterocycles. The zero-order valence-corrected chi connectivity index (χ0v) is 17.0. The smallest absolute Gasteiger partial charge is 0.276 e. The number of hydrogen-bond acceptors (Lipinski definition) is 5. The lowest BCUT2D eigenvalue weighted by Gasteiger charge is -2.13. The number of nitrogens with one attached hydrogen (secondary N) is 2. The Balaban J connectivity index is 1.83. The highest BCUT2D eigenvalue weighted by atomic mass is 16.5. The standard InChI is InChI=1S/C22H26N2O5/c1-15(2)17-7-5-6-8-18(17)29-14-22(26)24-23-21(25)12-10-16-9-11-19(27-3)20(13-16)28-4/h5-13,15H,14H2,1-4H3,(H,23,25)(H,24,26). The predicted octanol–water partition coefficient (Wildman–Crippen LogP) is 3.07. The monoisotopic (exact) mass is 398 g/mol. The summed E-state index contributed by atoms with van der Waals surface area (Å²) in [5.74, 6) is 1.14. The number of benzene rings is 2. The predicted molar refractivity (Wildman–Crippen MR) is 111 cm³/mol. The fourth-order valence-corrected chi connectivity index (χ4v) is 2.57. The SMILES string of the molecule is COc1ccc(C=CC(=O)NNC(=O)COc2ccccc2C(C)C)cc1OC. The van der Waals surface area contributed by atoms with Gasteiger partial charge in [-0.05, 0) is 41.3 Å². The van der Waals surface area contributed by atoms with Gasteiger partial charge in [0.2, 0.25) is 0 Å². The maximum atomic E-state index is 11.9. The van der Waals surface area contributed by atoms with Crippen molar-refractivity contribution >= 4 is 17.9 Å². The van der Waals surface area contributed by atoms with Crippen LogP contribution < -0.4 is 25.1 Å². The molecule has 0 aromatic heterocycles. The average molecular weight is 398 g/mol. The minimum absolute atomic E-state index is 0.205. The number of ether oxygens (including phenoxy) is 3. The number of rotatable bonds is 8. The third kappa shape index (κ3) is 6.57. The highest BCUT2D eigenvalue weighted by Crippen LogP contribution is 2.28. The summed E-state index contributed by atoms with van der Waals surface area (Å²) in [6.45, 7) is 3.89. The van der Waals surface area contributed by atoms with Crippen LogP contribution in [0.25, 0.3) is 6.08 Å². The fraction of sp³-hybridized carbons (Fsp3) is 0.273. The molecule has 0 saturated carbocycles. The van der Waals surface area contributed by atoms with Gasteiger partial charge >= 0.3 is 0 Å². The van der Waals surface area contributed by atoms with E-state index in [4.69, 9.17) is 14.2 Å². The van der Waals surface area contributed by atoms with E-state index >= 15 is 0 Å². The van der Waals surface area contributed by atoms with E-state index in [0.717, 1.165) is 11.1 Å². The van der Waals surface area contributed by atoms with Crippen molar-refractivity contribution in [2.45, 2.75) is 19.8 Å². The van der Waals surface area contributed by atoms with Crippen LogP contribution in [0.1, 0.15) is 30.9 Å². The van der Waals surface area contributed by atoms with E-state index < -0.39 is 11.8 Å². The molecule has 0 atom stereocenters. The molecule has 0 radical (unpaired) electrons. The first kappa shape index (κ1) is 21.8. The molecular weight excluding hydrogens is 372 g/mol. The summed E-state index contributed by atoms with van der Waals surface area (Å²) >= 11 is 0. The third-order valence-electron chi connectivity index (χ3n) is 4.06. The van der Waals surface area contributed by atoms with E-state index in [9.17, 15) is 9.59 Å². The number of para-hydroxylation sites is 1. The second-order valence-electron chi connectivity index (χ2n) is 6.47. The topological polar surface area (TPSA) is 85.9 Å². The van der Waals surface area contributed by atoms with Gasteiger partial charge in [-0.15, -0.1) is 0 Å². The number of methoxy groups -OCH3 is 2. The lowest BCUT2D eigenvalue weighted by Crippen LogP contribution is -2.43. The van der Waals surface area contributed by atoms with Crippen molar-refractivity contribution < 1.29 is 23.8 Å². The molecule has 0 fully saturated rings. The van der Waals surface area contributed by atoms with Crippen molar-refractivity contribution in [2.24, 2.45) is 0 Å². The highest BCUT2D eigenvalue weighted by molar-refractivity contribution is 5.93. The van der Waals surface area contributed by atoms with Gasteiger partial charge in [-0.2, -0.15) is 0 Å². The second-order valence-corrected chi connectivity index (χ2v) is 6.47. The summed E-state index contributed by atoms with van der Waals surface area (Å²) in [7, 11) is 3.09. The molecule has 2 N–H and O–H groups in total. The van der Waals surface area contributed by atoms with Gasteiger partial charge in [-0.25, -0.2) is 0 Å². The van der Waals surface area contributed by atoms with E-state index in [-0.39, 0.29) is 12.5 Å². The van der Waals surface area contributed by atoms with E-state index in [1.54, 1.807) is 31.4 Å². The quantitative estimate of drug-likeness (QED) is 0.527. The first-order valence-corrected chi connectivity index (χ1v) is 9.15. The molecule has 0 heterocycles. The highest BCUT2D eigenvalue weighted by Gasteiger charge is 2.09. The molecule has 0 aliphatic carbocycles. The van der Waals surface area contributed by atoms with Crippen LogP contribution in [0.2, 0.25) is 0 Å². The zero-order valence-electron chi connectivity index (χ0n) is 17.0. The Kier molecular flexibility index (Phi) is 8.09. The number of hydrogen-bond donors (Lipinski definition) is 2. The maximum absolute atomic E-state index is 11.9. The summed E-state index contributed by atoms with van der Waals surface area (Å²) in [6.07, 6.45) is 2.90. The molecule has 0 aliphatic rings. The molecule has 2 aromatic carbocycles. The number of carbonyl (C=O) groups excluding carboxylic acids is 2. The van der Waals surface area contributed by atoms with Crippen LogP contribution in [0.5, 0.6) is 17.2 Å². The van der Waals surface area contributed by atoms with E-state index in [1.807, 2.05) is 38.1 Å². The molecule has 2 amide bonds. The summed E-state index contributed by atoms with van der Waals surface area (Å²) in [5.41, 5.74) is 6.40. The number of carbonyl (C=O) groups is 2. The maximum Gasteiger partial charge on any atom is 0.276 e. The molecule has 29 heavy (non-hydrogen) atoms. The minimum atomic E-state index is -0.476. The Morgan fingerprint density at radius 3 is 2.38 bits per heavy atom. The van der Waals surface area contributed by atoms with Crippen LogP contribution >= 0.6 is 0 Å². The number of amides is 2. The minimum Gasteiger partial charge on any atom is -0.493 e. The Bertz CT molecular complexity index is 877. The second kappa shape index (κ2) is 10.8. The third-order valence-corrected chi connectivity index (χ3v) is 4.06. The summed E-state index contributed by atoms with van der Waals surface area (Å²) in [4.78, 5) is 23.8. The van der Waals surface area contributed by atoms with E-state index in [1.165, 1.54) is 13.2 Å². The molecule has 0 saturated heterocycles. The molecule has 154 valence electrons. The van der Waals surface area contributed by atoms with Crippen LogP contribution in [0, 0.1) is 0 Å². The first-order chi connectivity index (χ1) is 13.9. The van der Waals surface area contributed by atoms with Gasteiger partial charge in [0.1, 0.15) is 5.75 Å². The molecule has 7 heteroatoms. The number of hydrazine groups is 1. The van der Waals surface area contributed by atoms with Crippen LogP contribution in [-0.4, -0.2) is 32.6 Å². The van der Waals surface area contributed by atoms with Gasteiger partial charge in [0, 0.05) is 6.08 Å². The molecule has 7 nitrogen and oxygen atoms in total. The Morgan fingerprint density at radius 1 is 0.966 bits per heavy atom. The van der Waals surface area contributed by atoms with E-state index in [2.05, 4.69) is 10.9 Å². The zero-order chi connectivity index (χ0) is 21.2. The van der Waals surface area contributed by atoms with Gasteiger partial charge in [-0.1, -0.05) is 38.1 Å². The summed E-state index contributed by atoms with van der Waals surface area (Å²) < 4.78 is 16.0. The van der Waals surface area contributed by atoms with Gasteiger partial charge in [-0.3, -0.25) is 20.4 Å². The van der Waals surface area contributed by atoms with Crippen molar-refractivity contribution in [3.05, 3.63) is 59.7 Å². The van der Waals surface area contributed by atoms with Gasteiger partial charge in [0.25, 0.3) is 11.8 Å². The van der Waals surface area contributed by atoms with E-state index in [0.29, 0.717) is 17.2 Å². The molecule has 0 spiro atoms. The lowest BCUT2D eigenvalue weighted by molar-refractivity contribution is -0.128. The Hall–Kier alpha value is -3.48. The van der Waals surface area contributed by atoms with Crippen molar-refractivity contribution in [3.63, 3.8) is 0 Å². The van der Waals surface area contributed by atoms with Gasteiger partial charge in [0.05, 0.1) is 14.2 Å². The lowest BCUT2D eigenvalue weighted by atomic mass is 10.0. The fourth-order valence-electron chi connectivity index (χ4n) is 2.57. The van der Waals surface area contributed by atoms with Gasteiger partial charge < -0.3 is 14.2 Å².